The zero-order valence-electron chi connectivity index (χ0n) is 13.2. The Morgan fingerprint density at radius 2 is 1.90 bits per heavy atom. The minimum atomic E-state index is -0.954. The molecule has 0 saturated heterocycles. The van der Waals surface area contributed by atoms with Crippen LogP contribution in [-0.2, 0) is 19.1 Å². The fourth-order valence-electron chi connectivity index (χ4n) is 1.84. The van der Waals surface area contributed by atoms with E-state index >= 15 is 0 Å². The Bertz CT molecular complexity index is 359. The third-order valence-corrected chi connectivity index (χ3v) is 2.94. The minimum absolute atomic E-state index is 0.115. The van der Waals surface area contributed by atoms with Gasteiger partial charge in [-0.1, -0.05) is 6.92 Å². The maximum absolute atomic E-state index is 12.3. The number of hydrogen-bond acceptors (Lipinski definition) is 4. The highest BCUT2D eigenvalue weighted by molar-refractivity contribution is 5.86. The van der Waals surface area contributed by atoms with Crippen molar-refractivity contribution in [2.75, 3.05) is 26.3 Å². The number of hydrogen-bond donors (Lipinski definition) is 2. The summed E-state index contributed by atoms with van der Waals surface area (Å²) in [6.07, 6.45) is 0.624. The van der Waals surface area contributed by atoms with Crippen molar-refractivity contribution in [3.63, 3.8) is 0 Å². The number of rotatable bonds is 10. The normalized spacial score (nSPS) is 13.3. The number of nitrogens with zero attached hydrogens (tertiary/aromatic N) is 1. The summed E-state index contributed by atoms with van der Waals surface area (Å²) in [4.78, 5) is 35.7. The van der Waals surface area contributed by atoms with E-state index in [4.69, 9.17) is 9.84 Å². The molecule has 0 aliphatic carbocycles. The first kappa shape index (κ1) is 19.4. The highest BCUT2D eigenvalue weighted by Gasteiger charge is 2.24. The van der Waals surface area contributed by atoms with Gasteiger partial charge in [0.25, 0.3) is 0 Å². The maximum atomic E-state index is 12.3. The van der Waals surface area contributed by atoms with Crippen LogP contribution < -0.4 is 5.32 Å². The molecule has 0 saturated carbocycles. The van der Waals surface area contributed by atoms with E-state index in [1.54, 1.807) is 13.8 Å². The van der Waals surface area contributed by atoms with Crippen molar-refractivity contribution in [2.45, 2.75) is 40.2 Å². The van der Waals surface area contributed by atoms with Gasteiger partial charge in [0.05, 0.1) is 5.92 Å². The van der Waals surface area contributed by atoms with Crippen molar-refractivity contribution in [1.82, 2.24) is 10.2 Å². The van der Waals surface area contributed by atoms with E-state index in [9.17, 15) is 14.4 Å². The molecule has 2 amide bonds. The number of carbonyl (C=O) groups is 3. The molecule has 2 unspecified atom stereocenters. The molecule has 2 N–H and O–H groups in total. The minimum Gasteiger partial charge on any atom is -0.481 e. The van der Waals surface area contributed by atoms with Crippen LogP contribution in [0.1, 0.15) is 34.1 Å². The number of carboxylic acids is 1. The Kier molecular flexibility index (Phi) is 9.36. The summed E-state index contributed by atoms with van der Waals surface area (Å²) < 4.78 is 5.22. The Morgan fingerprint density at radius 1 is 1.29 bits per heavy atom. The van der Waals surface area contributed by atoms with Crippen LogP contribution in [0.4, 0.5) is 0 Å². The molecule has 0 bridgehead atoms. The average molecular weight is 302 g/mol. The SMILES string of the molecule is CCOCCCN(CC(C)C(=O)O)C(=O)C(C)NC(C)=O. The van der Waals surface area contributed by atoms with Crippen molar-refractivity contribution < 1.29 is 24.2 Å². The van der Waals surface area contributed by atoms with Gasteiger partial charge < -0.3 is 20.1 Å². The number of carboxylic acid groups (broad SMARTS) is 1. The molecule has 0 radical (unpaired) electrons. The van der Waals surface area contributed by atoms with Gasteiger partial charge in [-0.15, -0.1) is 0 Å². The Labute approximate surface area is 125 Å². The van der Waals surface area contributed by atoms with Crippen LogP contribution in [0.3, 0.4) is 0 Å². The number of nitrogens with one attached hydrogen (secondary N) is 1. The lowest BCUT2D eigenvalue weighted by atomic mass is 10.1. The van der Waals surface area contributed by atoms with Crippen molar-refractivity contribution >= 4 is 17.8 Å². The van der Waals surface area contributed by atoms with E-state index in [0.29, 0.717) is 26.2 Å². The molecular formula is C14H26N2O5. The number of carbonyl (C=O) groups excluding carboxylic acids is 2. The van der Waals surface area contributed by atoms with Gasteiger partial charge in [-0.25, -0.2) is 0 Å². The molecule has 122 valence electrons. The van der Waals surface area contributed by atoms with Crippen LogP contribution in [0.15, 0.2) is 0 Å². The molecule has 0 aromatic carbocycles. The van der Waals surface area contributed by atoms with E-state index in [1.807, 2.05) is 6.92 Å². The second-order valence-electron chi connectivity index (χ2n) is 5.00. The van der Waals surface area contributed by atoms with Gasteiger partial charge in [0.1, 0.15) is 6.04 Å². The Balaban J connectivity index is 4.64. The topological polar surface area (TPSA) is 95.9 Å². The number of aliphatic carboxylic acids is 1. The molecule has 0 aromatic rings. The highest BCUT2D eigenvalue weighted by Crippen LogP contribution is 2.05. The quantitative estimate of drug-likeness (QED) is 0.572. The summed E-state index contributed by atoms with van der Waals surface area (Å²) in [5.74, 6) is -2.19. The first-order valence-corrected chi connectivity index (χ1v) is 7.16. The molecule has 0 fully saturated rings. The molecule has 21 heavy (non-hydrogen) atoms. The second-order valence-corrected chi connectivity index (χ2v) is 5.00. The fourth-order valence-corrected chi connectivity index (χ4v) is 1.84. The smallest absolute Gasteiger partial charge is 0.308 e. The predicted molar refractivity (Wildman–Crippen MR) is 77.8 cm³/mol. The van der Waals surface area contributed by atoms with Crippen LogP contribution >= 0.6 is 0 Å². The second kappa shape index (κ2) is 10.1. The lowest BCUT2D eigenvalue weighted by Gasteiger charge is -2.27. The first-order valence-electron chi connectivity index (χ1n) is 7.16. The van der Waals surface area contributed by atoms with Crippen LogP contribution in [0.25, 0.3) is 0 Å². The standard InChI is InChI=1S/C14H26N2O5/c1-5-21-8-6-7-16(9-10(2)14(19)20)13(18)11(3)15-12(4)17/h10-11H,5-9H2,1-4H3,(H,15,17)(H,19,20). The zero-order valence-corrected chi connectivity index (χ0v) is 13.2. The van der Waals surface area contributed by atoms with Crippen molar-refractivity contribution in [2.24, 2.45) is 5.92 Å². The molecule has 0 aliphatic heterocycles. The van der Waals surface area contributed by atoms with Gasteiger partial charge in [-0.2, -0.15) is 0 Å². The average Bonchev–Trinajstić information content (AvgIpc) is 2.40. The lowest BCUT2D eigenvalue weighted by Crippen LogP contribution is -2.48. The van der Waals surface area contributed by atoms with E-state index < -0.39 is 17.9 Å². The molecule has 7 nitrogen and oxygen atoms in total. The Morgan fingerprint density at radius 3 is 2.38 bits per heavy atom. The van der Waals surface area contributed by atoms with E-state index in [-0.39, 0.29) is 18.4 Å². The van der Waals surface area contributed by atoms with Crippen LogP contribution in [-0.4, -0.2) is 60.1 Å². The molecular weight excluding hydrogens is 276 g/mol. The van der Waals surface area contributed by atoms with Gasteiger partial charge >= 0.3 is 5.97 Å². The molecule has 0 rings (SSSR count). The van der Waals surface area contributed by atoms with Crippen molar-refractivity contribution in [3.8, 4) is 0 Å². The van der Waals surface area contributed by atoms with Crippen LogP contribution in [0.2, 0.25) is 0 Å². The lowest BCUT2D eigenvalue weighted by molar-refractivity contribution is -0.144. The van der Waals surface area contributed by atoms with Gasteiger partial charge in [0, 0.05) is 33.2 Å². The van der Waals surface area contributed by atoms with Crippen molar-refractivity contribution in [1.29, 1.82) is 0 Å². The predicted octanol–water partition coefficient (Wildman–Crippen LogP) is 0.487. The Hall–Kier alpha value is -1.63. The molecule has 2 atom stereocenters. The van der Waals surface area contributed by atoms with E-state index in [0.717, 1.165) is 0 Å². The van der Waals surface area contributed by atoms with Gasteiger partial charge in [0.2, 0.25) is 11.8 Å². The van der Waals surface area contributed by atoms with Gasteiger partial charge in [-0.05, 0) is 20.3 Å². The van der Waals surface area contributed by atoms with Crippen LogP contribution in [0, 0.1) is 5.92 Å². The third-order valence-electron chi connectivity index (χ3n) is 2.94. The zero-order chi connectivity index (χ0) is 16.4. The largest absolute Gasteiger partial charge is 0.481 e. The molecule has 0 aromatic heterocycles. The molecule has 0 aliphatic rings. The van der Waals surface area contributed by atoms with Gasteiger partial charge in [-0.3, -0.25) is 14.4 Å². The molecule has 0 spiro atoms. The summed E-state index contributed by atoms with van der Waals surface area (Å²) in [6, 6.07) is -0.671. The number of ether oxygens (including phenoxy) is 1. The van der Waals surface area contributed by atoms with Crippen molar-refractivity contribution in [3.05, 3.63) is 0 Å². The fraction of sp³-hybridized carbons (Fsp3) is 0.786. The number of amides is 2. The highest BCUT2D eigenvalue weighted by atomic mass is 16.5. The molecule has 7 heteroatoms. The monoisotopic (exact) mass is 302 g/mol. The van der Waals surface area contributed by atoms with Crippen LogP contribution in [0.5, 0.6) is 0 Å². The third kappa shape index (κ3) is 8.29. The first-order chi connectivity index (χ1) is 9.79. The summed E-state index contributed by atoms with van der Waals surface area (Å²) in [7, 11) is 0. The summed E-state index contributed by atoms with van der Waals surface area (Å²) in [5.41, 5.74) is 0. The maximum Gasteiger partial charge on any atom is 0.308 e. The van der Waals surface area contributed by atoms with E-state index in [2.05, 4.69) is 5.32 Å². The van der Waals surface area contributed by atoms with E-state index in [1.165, 1.54) is 11.8 Å². The summed E-state index contributed by atoms with van der Waals surface area (Å²) in [5, 5.41) is 11.5. The molecule has 0 heterocycles. The van der Waals surface area contributed by atoms with Gasteiger partial charge in [0.15, 0.2) is 0 Å². The summed E-state index contributed by atoms with van der Waals surface area (Å²) in [6.45, 7) is 7.99. The summed E-state index contributed by atoms with van der Waals surface area (Å²) >= 11 is 0.